The maximum Gasteiger partial charge on any atom is 0.0992 e. The number of rotatable bonds is 2. The van der Waals surface area contributed by atoms with Crippen LogP contribution in [0.1, 0.15) is 35.7 Å². The molecule has 4 heteroatoms. The van der Waals surface area contributed by atoms with E-state index in [1.807, 2.05) is 42.2 Å². The molecule has 1 aromatic carbocycles. The van der Waals surface area contributed by atoms with E-state index in [9.17, 15) is 0 Å². The van der Waals surface area contributed by atoms with E-state index in [0.717, 1.165) is 18.5 Å². The van der Waals surface area contributed by atoms with Gasteiger partial charge in [-0.15, -0.1) is 0 Å². The van der Waals surface area contributed by atoms with Crippen molar-refractivity contribution >= 4 is 0 Å². The molecule has 96 valence electrons. The molecule has 0 fully saturated rings. The fraction of sp³-hybridized carbons (Fsp3) is 0.333. The highest BCUT2D eigenvalue weighted by atomic mass is 15.3. The molecule has 1 aromatic heterocycles. The maximum absolute atomic E-state index is 8.99. The van der Waals surface area contributed by atoms with Gasteiger partial charge in [-0.3, -0.25) is 0 Å². The van der Waals surface area contributed by atoms with Gasteiger partial charge in [-0.2, -0.15) is 10.4 Å². The lowest BCUT2D eigenvalue weighted by molar-refractivity contribution is 0.490. The lowest BCUT2D eigenvalue weighted by Gasteiger charge is -2.22. The van der Waals surface area contributed by atoms with Crippen molar-refractivity contribution in [1.82, 2.24) is 15.1 Å². The van der Waals surface area contributed by atoms with Crippen LogP contribution in [-0.4, -0.2) is 16.8 Å². The summed E-state index contributed by atoms with van der Waals surface area (Å²) < 4.78 is 1.97. The lowest BCUT2D eigenvalue weighted by atomic mass is 9.93. The first kappa shape index (κ1) is 11.9. The second-order valence-corrected chi connectivity index (χ2v) is 4.85. The third-order valence-corrected chi connectivity index (χ3v) is 3.75. The maximum atomic E-state index is 8.99. The molecule has 0 amide bonds. The molecule has 0 saturated carbocycles. The summed E-state index contributed by atoms with van der Waals surface area (Å²) in [4.78, 5) is 0. The van der Waals surface area contributed by atoms with Gasteiger partial charge in [0.2, 0.25) is 0 Å². The van der Waals surface area contributed by atoms with Crippen molar-refractivity contribution in [3.8, 4) is 11.8 Å². The van der Waals surface area contributed by atoms with Crippen molar-refractivity contribution in [2.45, 2.75) is 25.3 Å². The molecule has 0 aliphatic heterocycles. The van der Waals surface area contributed by atoms with Gasteiger partial charge >= 0.3 is 0 Å². The summed E-state index contributed by atoms with van der Waals surface area (Å²) in [6.07, 6.45) is 5.33. The van der Waals surface area contributed by atoms with Crippen LogP contribution in [0.4, 0.5) is 0 Å². The van der Waals surface area contributed by atoms with Gasteiger partial charge in [-0.05, 0) is 44.5 Å². The van der Waals surface area contributed by atoms with Crippen LogP contribution < -0.4 is 5.32 Å². The van der Waals surface area contributed by atoms with Crippen molar-refractivity contribution in [2.75, 3.05) is 7.05 Å². The Balaban J connectivity index is 2.07. The summed E-state index contributed by atoms with van der Waals surface area (Å²) in [5.74, 6) is 0. The monoisotopic (exact) mass is 252 g/mol. The van der Waals surface area contributed by atoms with E-state index in [2.05, 4.69) is 16.5 Å². The van der Waals surface area contributed by atoms with Crippen LogP contribution in [0.5, 0.6) is 0 Å². The largest absolute Gasteiger partial charge is 0.313 e. The van der Waals surface area contributed by atoms with Crippen LogP contribution in [0, 0.1) is 11.3 Å². The smallest absolute Gasteiger partial charge is 0.0992 e. The van der Waals surface area contributed by atoms with E-state index in [1.54, 1.807) is 0 Å². The highest BCUT2D eigenvalue weighted by molar-refractivity contribution is 5.43. The topological polar surface area (TPSA) is 53.6 Å². The van der Waals surface area contributed by atoms with E-state index < -0.39 is 0 Å². The number of hydrogen-bond acceptors (Lipinski definition) is 3. The summed E-state index contributed by atoms with van der Waals surface area (Å²) in [5.41, 5.74) is 4.19. The molecule has 0 saturated heterocycles. The van der Waals surface area contributed by atoms with Crippen LogP contribution >= 0.6 is 0 Å². The third-order valence-electron chi connectivity index (χ3n) is 3.75. The highest BCUT2D eigenvalue weighted by Crippen LogP contribution is 2.30. The summed E-state index contributed by atoms with van der Waals surface area (Å²) in [6, 6.07) is 10.2. The molecule has 1 aliphatic rings. The number of aromatic nitrogens is 2. The number of nitriles is 1. The standard InChI is InChI=1S/C15H16N4/c1-17-14-6-3-7-15-13(14)10-18-19(15)12-5-2-4-11(8-12)9-16/h2,4-5,8,10,14,17H,3,6-7H2,1H3. The average molecular weight is 252 g/mol. The van der Waals surface area contributed by atoms with Crippen LogP contribution in [0.2, 0.25) is 0 Å². The Morgan fingerprint density at radius 2 is 2.37 bits per heavy atom. The second kappa shape index (κ2) is 4.87. The molecular formula is C15H16N4. The summed E-state index contributed by atoms with van der Waals surface area (Å²) in [6.45, 7) is 0. The molecule has 19 heavy (non-hydrogen) atoms. The van der Waals surface area contributed by atoms with Gasteiger partial charge in [0.1, 0.15) is 0 Å². The Kier molecular flexibility index (Phi) is 3.06. The van der Waals surface area contributed by atoms with Gasteiger partial charge in [-0.1, -0.05) is 6.07 Å². The minimum Gasteiger partial charge on any atom is -0.313 e. The zero-order valence-corrected chi connectivity index (χ0v) is 10.9. The Morgan fingerprint density at radius 1 is 1.47 bits per heavy atom. The number of fused-ring (bicyclic) bond motifs is 1. The Labute approximate surface area is 112 Å². The molecule has 2 aromatic rings. The van der Waals surface area contributed by atoms with E-state index in [4.69, 9.17) is 5.26 Å². The van der Waals surface area contributed by atoms with Crippen molar-refractivity contribution < 1.29 is 0 Å². The second-order valence-electron chi connectivity index (χ2n) is 4.85. The molecule has 1 N–H and O–H groups in total. The number of hydrogen-bond donors (Lipinski definition) is 1. The molecule has 0 bridgehead atoms. The van der Waals surface area contributed by atoms with E-state index >= 15 is 0 Å². The zero-order chi connectivity index (χ0) is 13.2. The minimum absolute atomic E-state index is 0.400. The number of nitrogens with zero attached hydrogens (tertiary/aromatic N) is 3. The molecule has 3 rings (SSSR count). The predicted octanol–water partition coefficient (Wildman–Crippen LogP) is 2.34. The molecule has 0 spiro atoms. The predicted molar refractivity (Wildman–Crippen MR) is 73.0 cm³/mol. The summed E-state index contributed by atoms with van der Waals surface area (Å²) in [5, 5.41) is 16.8. The van der Waals surface area contributed by atoms with Crippen LogP contribution in [0.25, 0.3) is 5.69 Å². The minimum atomic E-state index is 0.400. The van der Waals surface area contributed by atoms with Gasteiger partial charge in [0.25, 0.3) is 0 Å². The van der Waals surface area contributed by atoms with Crippen LogP contribution in [0.3, 0.4) is 0 Å². The van der Waals surface area contributed by atoms with Gasteiger partial charge < -0.3 is 5.32 Å². The quantitative estimate of drug-likeness (QED) is 0.892. The Hall–Kier alpha value is -2.12. The van der Waals surface area contributed by atoms with Gasteiger partial charge in [-0.25, -0.2) is 4.68 Å². The van der Waals surface area contributed by atoms with Crippen molar-refractivity contribution in [1.29, 1.82) is 5.26 Å². The highest BCUT2D eigenvalue weighted by Gasteiger charge is 2.23. The van der Waals surface area contributed by atoms with E-state index in [0.29, 0.717) is 11.6 Å². The average Bonchev–Trinajstić information content (AvgIpc) is 2.91. The Morgan fingerprint density at radius 3 is 3.16 bits per heavy atom. The first-order chi connectivity index (χ1) is 9.33. The van der Waals surface area contributed by atoms with E-state index in [1.165, 1.54) is 17.7 Å². The SMILES string of the molecule is CNC1CCCc2c1cnn2-c1cccc(C#N)c1. The van der Waals surface area contributed by atoms with Crippen LogP contribution in [0.15, 0.2) is 30.5 Å². The zero-order valence-electron chi connectivity index (χ0n) is 10.9. The van der Waals surface area contributed by atoms with Crippen molar-refractivity contribution in [3.05, 3.63) is 47.3 Å². The lowest BCUT2D eigenvalue weighted by Crippen LogP contribution is -2.21. The third kappa shape index (κ3) is 2.02. The fourth-order valence-electron chi connectivity index (χ4n) is 2.79. The van der Waals surface area contributed by atoms with Crippen LogP contribution in [-0.2, 0) is 6.42 Å². The molecular weight excluding hydrogens is 236 g/mol. The molecule has 1 aliphatic carbocycles. The summed E-state index contributed by atoms with van der Waals surface area (Å²) >= 11 is 0. The van der Waals surface area contributed by atoms with Gasteiger partial charge in [0, 0.05) is 17.3 Å². The first-order valence-electron chi connectivity index (χ1n) is 6.58. The van der Waals surface area contributed by atoms with Gasteiger partial charge in [0.05, 0.1) is 23.5 Å². The molecule has 0 radical (unpaired) electrons. The first-order valence-corrected chi connectivity index (χ1v) is 6.58. The fourth-order valence-corrected chi connectivity index (χ4v) is 2.79. The Bertz CT molecular complexity index is 636. The molecule has 1 heterocycles. The summed E-state index contributed by atoms with van der Waals surface area (Å²) in [7, 11) is 1.99. The van der Waals surface area contributed by atoms with E-state index in [-0.39, 0.29) is 0 Å². The van der Waals surface area contributed by atoms with Gasteiger partial charge in [0.15, 0.2) is 0 Å². The molecule has 1 unspecified atom stereocenters. The normalized spacial score (nSPS) is 17.8. The van der Waals surface area contributed by atoms with Crippen molar-refractivity contribution in [2.24, 2.45) is 0 Å². The number of benzene rings is 1. The number of nitrogens with one attached hydrogen (secondary N) is 1. The molecule has 4 nitrogen and oxygen atoms in total. The van der Waals surface area contributed by atoms with Crippen molar-refractivity contribution in [3.63, 3.8) is 0 Å². The molecule has 1 atom stereocenters.